The van der Waals surface area contributed by atoms with E-state index in [-0.39, 0.29) is 30.7 Å². The lowest BCUT2D eigenvalue weighted by Gasteiger charge is -2.23. The Balaban J connectivity index is 0.00000200. The van der Waals surface area contributed by atoms with Gasteiger partial charge in [-0.3, -0.25) is 4.79 Å². The molecule has 0 fully saturated rings. The Kier molecular flexibility index (Phi) is 7.89. The first-order valence-corrected chi connectivity index (χ1v) is 6.93. The van der Waals surface area contributed by atoms with Gasteiger partial charge in [-0.2, -0.15) is 0 Å². The van der Waals surface area contributed by atoms with Gasteiger partial charge in [0.2, 0.25) is 0 Å². The molecule has 0 saturated heterocycles. The molecule has 1 amide bonds. The molecule has 0 aliphatic heterocycles. The molecular formula is C14H19Cl2N3OS. The number of hydrogen-bond donors (Lipinski definition) is 2. The molecule has 1 heterocycles. The van der Waals surface area contributed by atoms with Gasteiger partial charge in [-0.05, 0) is 13.8 Å². The zero-order valence-electron chi connectivity index (χ0n) is 11.8. The Morgan fingerprint density at radius 1 is 1.29 bits per heavy atom. The zero-order chi connectivity index (χ0) is 13.9. The van der Waals surface area contributed by atoms with Crippen molar-refractivity contribution in [1.29, 1.82) is 0 Å². The average Bonchev–Trinajstić information content (AvgIpc) is 2.89. The minimum Gasteiger partial charge on any atom is -0.345 e. The summed E-state index contributed by atoms with van der Waals surface area (Å²) in [6.45, 7) is 4.15. The second-order valence-electron chi connectivity index (χ2n) is 4.95. The summed E-state index contributed by atoms with van der Waals surface area (Å²) in [6.07, 6.45) is 0. The van der Waals surface area contributed by atoms with Crippen molar-refractivity contribution >= 4 is 42.1 Å². The van der Waals surface area contributed by atoms with E-state index in [4.69, 9.17) is 5.73 Å². The van der Waals surface area contributed by atoms with Gasteiger partial charge in [0.1, 0.15) is 10.7 Å². The fraction of sp³-hybridized carbons (Fsp3) is 0.286. The minimum atomic E-state index is -0.423. The molecule has 116 valence electrons. The number of carbonyl (C=O) groups excluding carboxylic acids is 1. The molecule has 0 radical (unpaired) electrons. The molecule has 0 aliphatic carbocycles. The lowest BCUT2D eigenvalue weighted by atomic mass is 10.1. The summed E-state index contributed by atoms with van der Waals surface area (Å²) >= 11 is 1.46. The topological polar surface area (TPSA) is 68.0 Å². The van der Waals surface area contributed by atoms with Crippen LogP contribution in [0.5, 0.6) is 0 Å². The summed E-state index contributed by atoms with van der Waals surface area (Å²) < 4.78 is 0. The SMILES string of the molecule is CC(C)(CN)NC(=O)c1csc(-c2ccccc2)n1.Cl.Cl. The van der Waals surface area contributed by atoms with Crippen LogP contribution in [-0.4, -0.2) is 23.0 Å². The van der Waals surface area contributed by atoms with Gasteiger partial charge >= 0.3 is 0 Å². The van der Waals surface area contributed by atoms with E-state index in [1.54, 1.807) is 5.38 Å². The van der Waals surface area contributed by atoms with E-state index in [1.807, 2.05) is 44.2 Å². The number of amides is 1. The van der Waals surface area contributed by atoms with Gasteiger partial charge in [0.05, 0.1) is 0 Å². The molecule has 0 unspecified atom stereocenters. The lowest BCUT2D eigenvalue weighted by Crippen LogP contribution is -2.48. The Bertz CT molecular complexity index is 573. The molecule has 4 nitrogen and oxygen atoms in total. The second-order valence-corrected chi connectivity index (χ2v) is 5.80. The molecule has 1 aromatic heterocycles. The number of halogens is 2. The summed E-state index contributed by atoms with van der Waals surface area (Å²) in [5.74, 6) is -0.186. The number of rotatable bonds is 4. The molecule has 0 saturated carbocycles. The highest BCUT2D eigenvalue weighted by Gasteiger charge is 2.21. The molecule has 0 spiro atoms. The van der Waals surface area contributed by atoms with Crippen LogP contribution < -0.4 is 11.1 Å². The fourth-order valence-corrected chi connectivity index (χ4v) is 2.32. The van der Waals surface area contributed by atoms with Crippen molar-refractivity contribution in [3.8, 4) is 10.6 Å². The van der Waals surface area contributed by atoms with Gasteiger partial charge in [-0.15, -0.1) is 36.2 Å². The first kappa shape index (κ1) is 19.9. The number of aromatic nitrogens is 1. The standard InChI is InChI=1S/C14H17N3OS.2ClH/c1-14(2,9-15)17-12(18)11-8-19-13(16-11)10-6-4-3-5-7-10;;/h3-8H,9,15H2,1-2H3,(H,17,18);2*1H. The average molecular weight is 348 g/mol. The molecular weight excluding hydrogens is 329 g/mol. The molecule has 21 heavy (non-hydrogen) atoms. The largest absolute Gasteiger partial charge is 0.345 e. The highest BCUT2D eigenvalue weighted by Crippen LogP contribution is 2.23. The minimum absolute atomic E-state index is 0. The zero-order valence-corrected chi connectivity index (χ0v) is 14.3. The second kappa shape index (κ2) is 8.34. The Morgan fingerprint density at radius 3 is 2.48 bits per heavy atom. The molecule has 7 heteroatoms. The first-order valence-electron chi connectivity index (χ1n) is 6.05. The van der Waals surface area contributed by atoms with Crippen LogP contribution in [0.1, 0.15) is 24.3 Å². The van der Waals surface area contributed by atoms with Crippen LogP contribution in [0.2, 0.25) is 0 Å². The number of hydrogen-bond acceptors (Lipinski definition) is 4. The van der Waals surface area contributed by atoms with Gasteiger partial charge in [-0.25, -0.2) is 4.98 Å². The lowest BCUT2D eigenvalue weighted by molar-refractivity contribution is 0.0911. The molecule has 0 atom stereocenters. The normalized spacial score (nSPS) is 10.2. The van der Waals surface area contributed by atoms with E-state index in [9.17, 15) is 4.79 Å². The highest BCUT2D eigenvalue weighted by atomic mass is 35.5. The molecule has 2 rings (SSSR count). The maximum atomic E-state index is 12.0. The van der Waals surface area contributed by atoms with E-state index in [0.29, 0.717) is 12.2 Å². The summed E-state index contributed by atoms with van der Waals surface area (Å²) in [6, 6.07) is 9.81. The van der Waals surface area contributed by atoms with Crippen molar-refractivity contribution in [2.45, 2.75) is 19.4 Å². The molecule has 0 bridgehead atoms. The van der Waals surface area contributed by atoms with E-state index < -0.39 is 5.54 Å². The van der Waals surface area contributed by atoms with E-state index in [2.05, 4.69) is 10.3 Å². The van der Waals surface area contributed by atoms with Crippen LogP contribution in [0.3, 0.4) is 0 Å². The maximum Gasteiger partial charge on any atom is 0.271 e. The molecule has 2 aromatic rings. The third-order valence-corrected chi connectivity index (χ3v) is 3.61. The van der Waals surface area contributed by atoms with Crippen LogP contribution in [0, 0.1) is 0 Å². The molecule has 3 N–H and O–H groups in total. The van der Waals surface area contributed by atoms with Crippen molar-refractivity contribution in [3.63, 3.8) is 0 Å². The number of nitrogens with two attached hydrogens (primary N) is 1. The van der Waals surface area contributed by atoms with Crippen LogP contribution in [-0.2, 0) is 0 Å². The smallest absolute Gasteiger partial charge is 0.271 e. The first-order chi connectivity index (χ1) is 9.02. The van der Waals surface area contributed by atoms with Crippen molar-refractivity contribution in [1.82, 2.24) is 10.3 Å². The predicted octanol–water partition coefficient (Wildman–Crippen LogP) is 3.12. The molecule has 1 aromatic carbocycles. The number of nitrogens with zero attached hydrogens (tertiary/aromatic N) is 1. The molecule has 0 aliphatic rings. The van der Waals surface area contributed by atoms with E-state index >= 15 is 0 Å². The summed E-state index contributed by atoms with van der Waals surface area (Å²) in [5.41, 5.74) is 6.63. The fourth-order valence-electron chi connectivity index (χ4n) is 1.51. The summed E-state index contributed by atoms with van der Waals surface area (Å²) in [5, 5.41) is 5.48. The third-order valence-electron chi connectivity index (χ3n) is 2.72. The van der Waals surface area contributed by atoms with Crippen molar-refractivity contribution < 1.29 is 4.79 Å². The predicted molar refractivity (Wildman–Crippen MR) is 92.6 cm³/mol. The Labute approximate surface area is 141 Å². The monoisotopic (exact) mass is 347 g/mol. The number of carbonyl (C=O) groups is 1. The maximum absolute atomic E-state index is 12.0. The van der Waals surface area contributed by atoms with Crippen molar-refractivity contribution in [3.05, 3.63) is 41.4 Å². The Morgan fingerprint density at radius 2 is 1.90 bits per heavy atom. The number of nitrogens with one attached hydrogen (secondary N) is 1. The van der Waals surface area contributed by atoms with E-state index in [0.717, 1.165) is 10.6 Å². The summed E-state index contributed by atoms with van der Waals surface area (Å²) in [7, 11) is 0. The van der Waals surface area contributed by atoms with Crippen molar-refractivity contribution in [2.24, 2.45) is 5.73 Å². The van der Waals surface area contributed by atoms with Crippen molar-refractivity contribution in [2.75, 3.05) is 6.54 Å². The van der Waals surface area contributed by atoms with Crippen LogP contribution in [0.15, 0.2) is 35.7 Å². The number of benzene rings is 1. The van der Waals surface area contributed by atoms with Gasteiger partial charge in [0.25, 0.3) is 5.91 Å². The van der Waals surface area contributed by atoms with Gasteiger partial charge in [-0.1, -0.05) is 30.3 Å². The van der Waals surface area contributed by atoms with Gasteiger partial charge < -0.3 is 11.1 Å². The summed E-state index contributed by atoms with van der Waals surface area (Å²) in [4.78, 5) is 16.4. The van der Waals surface area contributed by atoms with Gasteiger partial charge in [0.15, 0.2) is 0 Å². The third kappa shape index (κ3) is 5.28. The van der Waals surface area contributed by atoms with Crippen LogP contribution in [0.25, 0.3) is 10.6 Å². The quantitative estimate of drug-likeness (QED) is 0.892. The van der Waals surface area contributed by atoms with Crippen LogP contribution >= 0.6 is 36.2 Å². The number of thiazole rings is 1. The highest BCUT2D eigenvalue weighted by molar-refractivity contribution is 7.13. The van der Waals surface area contributed by atoms with E-state index in [1.165, 1.54) is 11.3 Å². The van der Waals surface area contributed by atoms with Gasteiger partial charge in [0, 0.05) is 23.0 Å². The Hall–Kier alpha value is -1.14. The van der Waals surface area contributed by atoms with Crippen LogP contribution in [0.4, 0.5) is 0 Å².